The zero-order valence-corrected chi connectivity index (χ0v) is 27.6. The molecule has 4 fully saturated rings. The van der Waals surface area contributed by atoms with Gasteiger partial charge >= 0.3 is 7.60 Å². The van der Waals surface area contributed by atoms with E-state index in [9.17, 15) is 33.1 Å². The van der Waals surface area contributed by atoms with Crippen LogP contribution < -0.4 is 15.5 Å². The Labute approximate surface area is 273 Å². The standard InChI is InChI=1S/C31H37F2N6O6PS/c1-15-12-34-31(37(15)2)38-13-21(32)23(14-38)36-28(40)24-5-4-20-9-17-8-18(17)10-22(30(42)39(20)24)35-29(41)26-11-19-7-16(3-6-25(19)47-26)27(33)46(43,44)45/h3,6-7,11-12,17-18,20-24,27H,4-5,8-10,13-14H2,1-2H3,(H,35,41)(H,36,40)(H2,43,44,45)/t17-,18+,20-,21+,22?,23+,24+,27?/m1/s1. The number of hydrogen-bond acceptors (Lipinski definition) is 7. The first-order chi connectivity index (χ1) is 22.3. The smallest absolute Gasteiger partial charge is 0.347 e. The fraction of sp³-hybridized carbons (Fsp3) is 0.548. The molecule has 0 radical (unpaired) electrons. The van der Waals surface area contributed by atoms with Gasteiger partial charge in [-0.05, 0) is 80.0 Å². The molecule has 3 amide bonds. The summed E-state index contributed by atoms with van der Waals surface area (Å²) < 4.78 is 43.4. The molecule has 0 spiro atoms. The van der Waals surface area contributed by atoms with Crippen LogP contribution in [0, 0.1) is 18.8 Å². The molecule has 4 N–H and O–H groups in total. The number of fused-ring (bicyclic) bond motifs is 3. The predicted octanol–water partition coefficient (Wildman–Crippen LogP) is 3.32. The molecule has 47 heavy (non-hydrogen) atoms. The van der Waals surface area contributed by atoms with E-state index in [4.69, 9.17) is 0 Å². The van der Waals surface area contributed by atoms with Gasteiger partial charge in [0.1, 0.15) is 18.3 Å². The number of alkyl halides is 2. The Bertz CT molecular complexity index is 1800. The van der Waals surface area contributed by atoms with E-state index in [-0.39, 0.29) is 35.5 Å². The van der Waals surface area contributed by atoms with Crippen molar-refractivity contribution in [3.05, 3.63) is 46.6 Å². The van der Waals surface area contributed by atoms with E-state index < -0.39 is 49.6 Å². The number of thiophene rings is 1. The highest BCUT2D eigenvalue weighted by atomic mass is 32.1. The topological polar surface area (TPSA) is 157 Å². The van der Waals surface area contributed by atoms with E-state index in [1.807, 2.05) is 23.4 Å². The number of imidazole rings is 1. The van der Waals surface area contributed by atoms with Gasteiger partial charge in [-0.3, -0.25) is 18.9 Å². The van der Waals surface area contributed by atoms with Gasteiger partial charge in [0.05, 0.1) is 23.7 Å². The van der Waals surface area contributed by atoms with E-state index in [1.54, 1.807) is 11.1 Å². The molecule has 2 aromatic heterocycles. The lowest BCUT2D eigenvalue weighted by Gasteiger charge is -2.35. The summed E-state index contributed by atoms with van der Waals surface area (Å²) in [5, 5.41) is 6.22. The van der Waals surface area contributed by atoms with E-state index in [0.717, 1.165) is 29.9 Å². The maximum absolute atomic E-state index is 15.2. The van der Waals surface area contributed by atoms with Crippen LogP contribution in [-0.2, 0) is 21.2 Å². The van der Waals surface area contributed by atoms with Crippen molar-refractivity contribution in [2.24, 2.45) is 18.9 Å². The Morgan fingerprint density at radius 2 is 1.87 bits per heavy atom. The van der Waals surface area contributed by atoms with Gasteiger partial charge in [0.15, 0.2) is 0 Å². The number of rotatable bonds is 7. The Balaban J connectivity index is 1.06. The molecule has 2 unspecified atom stereocenters. The zero-order chi connectivity index (χ0) is 33.4. The first kappa shape index (κ1) is 32.2. The Kier molecular flexibility index (Phi) is 8.17. The number of hydrogen-bond donors (Lipinski definition) is 4. The van der Waals surface area contributed by atoms with Crippen molar-refractivity contribution >= 4 is 52.7 Å². The van der Waals surface area contributed by atoms with Gasteiger partial charge in [0.2, 0.25) is 23.7 Å². The molecule has 7 rings (SSSR count). The number of carbonyl (C=O) groups is 3. The summed E-state index contributed by atoms with van der Waals surface area (Å²) in [4.78, 5) is 67.8. The number of benzene rings is 1. The summed E-state index contributed by atoms with van der Waals surface area (Å²) in [5.74, 6) is -2.37. The lowest BCUT2D eigenvalue weighted by Crippen LogP contribution is -2.58. The largest absolute Gasteiger partial charge is 0.363 e. The first-order valence-corrected chi connectivity index (χ1v) is 18.3. The Morgan fingerprint density at radius 1 is 1.11 bits per heavy atom. The van der Waals surface area contributed by atoms with Crippen molar-refractivity contribution in [3.63, 3.8) is 0 Å². The molecule has 1 aromatic carbocycles. The molecule has 3 saturated heterocycles. The van der Waals surface area contributed by atoms with Gasteiger partial charge in [0.25, 0.3) is 5.91 Å². The summed E-state index contributed by atoms with van der Waals surface area (Å²) >= 11 is 1.12. The van der Waals surface area contributed by atoms with Crippen LogP contribution in [0.4, 0.5) is 14.7 Å². The molecule has 252 valence electrons. The molecule has 16 heteroatoms. The Hall–Kier alpha value is -3.39. The normalized spacial score (nSPS) is 29.7. The minimum Gasteiger partial charge on any atom is -0.347 e. The number of carbonyl (C=O) groups excluding carboxylic acids is 3. The van der Waals surface area contributed by atoms with Crippen molar-refractivity contribution in [3.8, 4) is 0 Å². The van der Waals surface area contributed by atoms with Crippen LogP contribution in [0.25, 0.3) is 10.1 Å². The van der Waals surface area contributed by atoms with E-state index in [0.29, 0.717) is 47.1 Å². The van der Waals surface area contributed by atoms with Gasteiger partial charge in [-0.15, -0.1) is 11.3 Å². The van der Waals surface area contributed by atoms with Crippen LogP contribution in [0.5, 0.6) is 0 Å². The number of nitrogens with one attached hydrogen (secondary N) is 2. The van der Waals surface area contributed by atoms with E-state index in [2.05, 4.69) is 15.6 Å². The summed E-state index contributed by atoms with van der Waals surface area (Å²) in [6, 6.07) is 3.07. The molecule has 1 aliphatic carbocycles. The third kappa shape index (κ3) is 6.07. The van der Waals surface area contributed by atoms with Crippen LogP contribution >= 0.6 is 18.9 Å². The highest BCUT2D eigenvalue weighted by Gasteiger charge is 2.52. The maximum Gasteiger partial charge on any atom is 0.363 e. The maximum atomic E-state index is 15.2. The number of nitrogens with zero attached hydrogens (tertiary/aromatic N) is 4. The Morgan fingerprint density at radius 3 is 2.60 bits per heavy atom. The predicted molar refractivity (Wildman–Crippen MR) is 170 cm³/mol. The molecule has 8 atom stereocenters. The number of halogens is 2. The summed E-state index contributed by atoms with van der Waals surface area (Å²) in [6.07, 6.45) is 3.71. The number of aromatic nitrogens is 2. The minimum absolute atomic E-state index is 0.0967. The average Bonchev–Trinajstić information content (AvgIpc) is 3.40. The zero-order valence-electron chi connectivity index (χ0n) is 25.9. The third-order valence-corrected chi connectivity index (χ3v) is 12.2. The van der Waals surface area contributed by atoms with E-state index in [1.165, 1.54) is 24.3 Å². The van der Waals surface area contributed by atoms with Gasteiger partial charge in [-0.2, -0.15) is 0 Å². The average molecular weight is 691 g/mol. The first-order valence-electron chi connectivity index (χ1n) is 15.8. The molecule has 5 heterocycles. The van der Waals surface area contributed by atoms with Gasteiger partial charge < -0.3 is 34.8 Å². The molecule has 3 aromatic rings. The van der Waals surface area contributed by atoms with Crippen molar-refractivity contribution in [2.45, 2.75) is 75.3 Å². The van der Waals surface area contributed by atoms with Gasteiger partial charge in [-0.25, -0.2) is 13.8 Å². The molecule has 3 aliphatic heterocycles. The second kappa shape index (κ2) is 11.9. The quantitative estimate of drug-likeness (QED) is 0.275. The SMILES string of the molecule is Cc1cnc(N2C[C@H](NC(=O)[C@@H]3CC[C@@H]4C[C@H]5C[C@H]5CC(NC(=O)c5cc6cc(C(F)P(=O)(O)O)ccc6s5)C(=O)N43)[C@@H](F)C2)n1C. The van der Waals surface area contributed by atoms with Crippen molar-refractivity contribution in [1.29, 1.82) is 0 Å². The van der Waals surface area contributed by atoms with Crippen LogP contribution in [0.2, 0.25) is 0 Å². The van der Waals surface area contributed by atoms with E-state index >= 15 is 4.39 Å². The highest BCUT2D eigenvalue weighted by molar-refractivity contribution is 7.51. The lowest BCUT2D eigenvalue weighted by molar-refractivity contribution is -0.143. The second-order valence-electron chi connectivity index (χ2n) is 13.4. The van der Waals surface area contributed by atoms with Gasteiger partial charge in [-0.1, -0.05) is 6.07 Å². The van der Waals surface area contributed by atoms with Crippen molar-refractivity contribution < 1.29 is 37.5 Å². The molecule has 12 nitrogen and oxygen atoms in total. The number of aryl methyl sites for hydroxylation is 1. The van der Waals surface area contributed by atoms with Crippen molar-refractivity contribution in [2.75, 3.05) is 18.0 Å². The molecular weight excluding hydrogens is 653 g/mol. The molecule has 4 aliphatic rings. The van der Waals surface area contributed by atoms with Crippen LogP contribution in [0.15, 0.2) is 30.5 Å². The number of amides is 3. The van der Waals surface area contributed by atoms with Crippen LogP contribution in [0.1, 0.15) is 58.9 Å². The fourth-order valence-electron chi connectivity index (χ4n) is 7.51. The van der Waals surface area contributed by atoms with Crippen LogP contribution in [-0.4, -0.2) is 85.4 Å². The monoisotopic (exact) mass is 690 g/mol. The van der Waals surface area contributed by atoms with Crippen molar-refractivity contribution in [1.82, 2.24) is 25.1 Å². The highest BCUT2D eigenvalue weighted by Crippen LogP contribution is 2.53. The molecule has 0 bridgehead atoms. The summed E-state index contributed by atoms with van der Waals surface area (Å²) in [5.41, 5.74) is 0.746. The number of anilines is 1. The fourth-order valence-corrected chi connectivity index (χ4v) is 9.01. The molecule has 1 saturated carbocycles. The minimum atomic E-state index is -5.00. The second-order valence-corrected chi connectivity index (χ2v) is 16.1. The summed E-state index contributed by atoms with van der Waals surface area (Å²) in [6.45, 7) is 2.26. The summed E-state index contributed by atoms with van der Waals surface area (Å²) in [7, 11) is -3.14. The third-order valence-electron chi connectivity index (χ3n) is 10.2. The molecular formula is C31H37F2N6O6PS. The van der Waals surface area contributed by atoms with Crippen LogP contribution in [0.3, 0.4) is 0 Å². The lowest BCUT2D eigenvalue weighted by atomic mass is 9.99. The van der Waals surface area contributed by atoms with Gasteiger partial charge in [0, 0.05) is 30.0 Å².